The second kappa shape index (κ2) is 12.4. The highest BCUT2D eigenvalue weighted by Crippen LogP contribution is 2.15. The average molecular weight is 409 g/mol. The molecule has 0 aliphatic carbocycles. The summed E-state index contributed by atoms with van der Waals surface area (Å²) in [6.45, 7) is 4.55. The number of benzene rings is 2. The van der Waals surface area contributed by atoms with E-state index in [2.05, 4.69) is 17.4 Å². The van der Waals surface area contributed by atoms with Crippen molar-refractivity contribution in [2.45, 2.75) is 32.6 Å². The van der Waals surface area contributed by atoms with Crippen LogP contribution in [0, 0.1) is 11.3 Å². The first-order valence-electron chi connectivity index (χ1n) is 10.4. The van der Waals surface area contributed by atoms with Crippen LogP contribution in [0.2, 0.25) is 0 Å². The average Bonchev–Trinajstić information content (AvgIpc) is 3.30. The van der Waals surface area contributed by atoms with Gasteiger partial charge < -0.3 is 16.0 Å². The molecule has 0 radical (unpaired) electrons. The molecule has 0 bridgehead atoms. The Morgan fingerprint density at radius 3 is 2.43 bits per heavy atom. The van der Waals surface area contributed by atoms with Crippen molar-refractivity contribution in [2.75, 3.05) is 19.6 Å². The minimum absolute atomic E-state index is 0.0650. The van der Waals surface area contributed by atoms with E-state index in [0.717, 1.165) is 31.5 Å². The molecule has 1 saturated heterocycles. The van der Waals surface area contributed by atoms with E-state index in [9.17, 15) is 9.59 Å². The van der Waals surface area contributed by atoms with Crippen LogP contribution in [0.15, 0.2) is 54.6 Å². The van der Waals surface area contributed by atoms with Crippen LogP contribution in [-0.2, 0) is 22.4 Å². The lowest BCUT2D eigenvalue weighted by Gasteiger charge is -2.20. The zero-order chi connectivity index (χ0) is 21.8. The maximum Gasteiger partial charge on any atom is 0.225 e. The van der Waals surface area contributed by atoms with Gasteiger partial charge in [0.15, 0.2) is 0 Å². The Morgan fingerprint density at radius 1 is 1.13 bits per heavy atom. The second-order valence-electron chi connectivity index (χ2n) is 7.56. The predicted octanol–water partition coefficient (Wildman–Crippen LogP) is 2.75. The van der Waals surface area contributed by atoms with Gasteiger partial charge in [-0.3, -0.25) is 15.0 Å². The van der Waals surface area contributed by atoms with Crippen molar-refractivity contribution < 1.29 is 9.59 Å². The summed E-state index contributed by atoms with van der Waals surface area (Å²) < 4.78 is 0. The quantitative estimate of drug-likeness (QED) is 0.271. The van der Waals surface area contributed by atoms with Gasteiger partial charge in [0.2, 0.25) is 12.3 Å². The van der Waals surface area contributed by atoms with Crippen molar-refractivity contribution >= 4 is 18.2 Å². The second-order valence-corrected chi connectivity index (χ2v) is 7.56. The third-order valence-corrected chi connectivity index (χ3v) is 5.10. The third kappa shape index (κ3) is 7.70. The summed E-state index contributed by atoms with van der Waals surface area (Å²) in [5, 5.41) is 9.83. The zero-order valence-corrected chi connectivity index (χ0v) is 17.6. The number of nitrogens with one attached hydrogen (secondary N) is 2. The van der Waals surface area contributed by atoms with Gasteiger partial charge in [0.1, 0.15) is 5.84 Å². The molecule has 4 N–H and O–H groups in total. The number of nitrogens with two attached hydrogens (primary N) is 1. The lowest BCUT2D eigenvalue weighted by atomic mass is 10.00. The molecule has 30 heavy (non-hydrogen) atoms. The summed E-state index contributed by atoms with van der Waals surface area (Å²) in [6, 6.07) is 17.7. The smallest absolute Gasteiger partial charge is 0.225 e. The van der Waals surface area contributed by atoms with E-state index in [1.165, 1.54) is 18.4 Å². The van der Waals surface area contributed by atoms with E-state index in [0.29, 0.717) is 24.4 Å². The number of hydrogen-bond donors (Lipinski definition) is 3. The van der Waals surface area contributed by atoms with Gasteiger partial charge in [-0.15, -0.1) is 0 Å². The van der Waals surface area contributed by atoms with Crippen LogP contribution in [0.4, 0.5) is 0 Å². The molecule has 0 saturated carbocycles. The van der Waals surface area contributed by atoms with Gasteiger partial charge in [-0.05, 0) is 42.9 Å². The van der Waals surface area contributed by atoms with Crippen molar-refractivity contribution in [1.29, 1.82) is 5.41 Å². The van der Waals surface area contributed by atoms with Crippen molar-refractivity contribution in [3.63, 3.8) is 0 Å². The molecule has 0 spiro atoms. The molecule has 6 nitrogen and oxygen atoms in total. The first-order chi connectivity index (χ1) is 14.5. The van der Waals surface area contributed by atoms with Crippen LogP contribution in [0.5, 0.6) is 0 Å². The number of amidine groups is 1. The van der Waals surface area contributed by atoms with Gasteiger partial charge in [-0.1, -0.05) is 55.5 Å². The normalized spacial score (nSPS) is 13.7. The van der Waals surface area contributed by atoms with Crippen LogP contribution in [0.1, 0.15) is 36.5 Å². The highest BCUT2D eigenvalue weighted by atomic mass is 16.2. The summed E-state index contributed by atoms with van der Waals surface area (Å²) >= 11 is 0. The van der Waals surface area contributed by atoms with Crippen LogP contribution in [0.25, 0.3) is 0 Å². The van der Waals surface area contributed by atoms with E-state index >= 15 is 0 Å². The van der Waals surface area contributed by atoms with Gasteiger partial charge in [0.05, 0.1) is 0 Å². The maximum absolute atomic E-state index is 12.1. The van der Waals surface area contributed by atoms with Crippen LogP contribution < -0.4 is 11.1 Å². The van der Waals surface area contributed by atoms with Crippen LogP contribution in [0.3, 0.4) is 0 Å². The Balaban J connectivity index is 0.000000216. The van der Waals surface area contributed by atoms with Crippen LogP contribution in [-0.4, -0.2) is 42.7 Å². The number of amides is 2. The van der Waals surface area contributed by atoms with E-state index in [-0.39, 0.29) is 11.8 Å². The van der Waals surface area contributed by atoms with Crippen LogP contribution >= 0.6 is 0 Å². The van der Waals surface area contributed by atoms with Crippen molar-refractivity contribution in [3.05, 3.63) is 71.3 Å². The number of nitrogen functional groups attached to an aromatic ring is 1. The number of carbonyl (C=O) groups is 2. The predicted molar refractivity (Wildman–Crippen MR) is 120 cm³/mol. The Morgan fingerprint density at radius 2 is 1.80 bits per heavy atom. The molecule has 2 aromatic rings. The number of nitrogens with zero attached hydrogens (tertiary/aromatic N) is 1. The fourth-order valence-corrected chi connectivity index (χ4v) is 3.47. The van der Waals surface area contributed by atoms with Gasteiger partial charge in [-0.25, -0.2) is 0 Å². The van der Waals surface area contributed by atoms with Gasteiger partial charge in [0, 0.05) is 31.1 Å². The molecule has 1 heterocycles. The highest BCUT2D eigenvalue weighted by Gasteiger charge is 2.22. The summed E-state index contributed by atoms with van der Waals surface area (Å²) in [7, 11) is 0. The molecule has 6 heteroatoms. The Labute approximate surface area is 179 Å². The summed E-state index contributed by atoms with van der Waals surface area (Å²) in [4.78, 5) is 24.1. The SMILES string of the molecule is CC(Cc1ccccc1)C(=O)N1CCCC1.N=C(N)c1cccc(CCNC=O)c1. The molecule has 1 atom stereocenters. The first kappa shape index (κ1) is 23.1. The van der Waals surface area contributed by atoms with Gasteiger partial charge in [0.25, 0.3) is 0 Å². The van der Waals surface area contributed by atoms with E-state index in [1.54, 1.807) is 6.07 Å². The maximum atomic E-state index is 12.1. The van der Waals surface area contributed by atoms with Crippen molar-refractivity contribution in [1.82, 2.24) is 10.2 Å². The summed E-state index contributed by atoms with van der Waals surface area (Å²) in [5.74, 6) is 0.497. The fraction of sp³-hybridized carbons (Fsp3) is 0.375. The molecular weight excluding hydrogens is 376 g/mol. The number of carbonyl (C=O) groups excluding carboxylic acids is 2. The van der Waals surface area contributed by atoms with Crippen molar-refractivity contribution in [3.8, 4) is 0 Å². The Kier molecular flexibility index (Phi) is 9.58. The Bertz CT molecular complexity index is 817. The topological polar surface area (TPSA) is 99.3 Å². The molecule has 1 fully saturated rings. The monoisotopic (exact) mass is 408 g/mol. The molecule has 3 rings (SSSR count). The van der Waals surface area contributed by atoms with E-state index in [1.807, 2.05) is 48.2 Å². The first-order valence-corrected chi connectivity index (χ1v) is 10.4. The molecular formula is C24H32N4O2. The van der Waals surface area contributed by atoms with E-state index < -0.39 is 0 Å². The van der Waals surface area contributed by atoms with Gasteiger partial charge in [-0.2, -0.15) is 0 Å². The molecule has 1 aliphatic rings. The minimum Gasteiger partial charge on any atom is -0.384 e. The number of likely N-dealkylation sites (tertiary alicyclic amines) is 1. The fourth-order valence-electron chi connectivity index (χ4n) is 3.47. The highest BCUT2D eigenvalue weighted by molar-refractivity contribution is 5.95. The lowest BCUT2D eigenvalue weighted by molar-refractivity contribution is -0.133. The zero-order valence-electron chi connectivity index (χ0n) is 17.6. The van der Waals surface area contributed by atoms with Crippen molar-refractivity contribution in [2.24, 2.45) is 11.7 Å². The number of rotatable bonds is 8. The molecule has 2 aromatic carbocycles. The minimum atomic E-state index is 0.0650. The standard InChI is InChI=1S/C14H19NO.C10H13N3O/c1-12(11-13-7-3-2-4-8-13)14(16)15-9-5-6-10-15;11-10(12)9-3-1-2-8(6-9)4-5-13-7-14/h2-4,7-8,12H,5-6,9-11H2,1H3;1-3,6-7H,4-5H2,(H3,11,12)(H,13,14). The molecule has 0 aromatic heterocycles. The molecule has 2 amide bonds. The number of hydrogen-bond acceptors (Lipinski definition) is 3. The lowest BCUT2D eigenvalue weighted by Crippen LogP contribution is -2.33. The summed E-state index contributed by atoms with van der Waals surface area (Å²) in [5.41, 5.74) is 8.38. The molecule has 160 valence electrons. The molecule has 1 aliphatic heterocycles. The molecule has 1 unspecified atom stereocenters. The third-order valence-electron chi connectivity index (χ3n) is 5.10. The van der Waals surface area contributed by atoms with Gasteiger partial charge >= 0.3 is 0 Å². The van der Waals surface area contributed by atoms with E-state index in [4.69, 9.17) is 11.1 Å². The summed E-state index contributed by atoms with van der Waals surface area (Å²) in [6.07, 6.45) is 4.62. The Hall–Kier alpha value is -3.15. The largest absolute Gasteiger partial charge is 0.384 e.